The number of nitrogens with zero attached hydrogens (tertiary/aromatic N) is 3. The lowest BCUT2D eigenvalue weighted by molar-refractivity contribution is 0.301. The van der Waals surface area contributed by atoms with Crippen molar-refractivity contribution >= 4 is 26.0 Å². The third kappa shape index (κ3) is 3.35. The number of hydrogen-bond donors (Lipinski definition) is 1. The Labute approximate surface area is 122 Å². The van der Waals surface area contributed by atoms with Crippen LogP contribution in [0.4, 0.5) is 0 Å². The summed E-state index contributed by atoms with van der Waals surface area (Å²) in [6.07, 6.45) is 5.20. The fraction of sp³-hybridized carbons (Fsp3) is 0.818. The summed E-state index contributed by atoms with van der Waals surface area (Å²) in [4.78, 5) is 0. The first kappa shape index (κ1) is 14.9. The molecule has 8 heteroatoms. The van der Waals surface area contributed by atoms with Crippen LogP contribution in [-0.2, 0) is 17.1 Å². The number of nitrogens with one attached hydrogen (secondary N) is 1. The summed E-state index contributed by atoms with van der Waals surface area (Å²) in [5.41, 5.74) is 0. The topological polar surface area (TPSA) is 76.9 Å². The number of aryl methyl sites for hydroxylation is 1. The normalized spacial score (nSPS) is 24.6. The molecule has 2 unspecified atom stereocenters. The van der Waals surface area contributed by atoms with Crippen LogP contribution in [0.1, 0.15) is 39.0 Å². The van der Waals surface area contributed by atoms with E-state index in [0.717, 1.165) is 25.7 Å². The molecular formula is C11H19BrN4O2S. The maximum Gasteiger partial charge on any atom is 0.260 e. The minimum Gasteiger partial charge on any atom is -0.235 e. The molecule has 0 aromatic carbocycles. The van der Waals surface area contributed by atoms with E-state index in [4.69, 9.17) is 0 Å². The van der Waals surface area contributed by atoms with E-state index in [1.54, 1.807) is 7.05 Å². The summed E-state index contributed by atoms with van der Waals surface area (Å²) in [5.74, 6) is 0.620. The Kier molecular flexibility index (Phi) is 4.62. The highest BCUT2D eigenvalue weighted by Crippen LogP contribution is 2.28. The number of aromatic nitrogens is 3. The summed E-state index contributed by atoms with van der Waals surface area (Å²) >= 11 is 3.13. The molecule has 0 bridgehead atoms. The maximum atomic E-state index is 12.4. The molecule has 19 heavy (non-hydrogen) atoms. The van der Waals surface area contributed by atoms with E-state index < -0.39 is 10.0 Å². The van der Waals surface area contributed by atoms with Crippen LogP contribution in [-0.4, -0.2) is 29.5 Å². The fourth-order valence-electron chi connectivity index (χ4n) is 2.65. The van der Waals surface area contributed by atoms with Crippen LogP contribution in [0.5, 0.6) is 0 Å². The third-order valence-corrected chi connectivity index (χ3v) is 6.08. The van der Waals surface area contributed by atoms with Crippen molar-refractivity contribution in [1.29, 1.82) is 0 Å². The molecule has 0 saturated heterocycles. The van der Waals surface area contributed by atoms with E-state index in [9.17, 15) is 8.42 Å². The zero-order valence-corrected chi connectivity index (χ0v) is 13.5. The highest BCUT2D eigenvalue weighted by atomic mass is 79.9. The van der Waals surface area contributed by atoms with Crippen molar-refractivity contribution in [2.75, 3.05) is 0 Å². The van der Waals surface area contributed by atoms with E-state index in [2.05, 4.69) is 37.9 Å². The molecule has 2 rings (SSSR count). The van der Waals surface area contributed by atoms with Gasteiger partial charge in [0.1, 0.15) is 0 Å². The molecule has 0 amide bonds. The van der Waals surface area contributed by atoms with Crippen molar-refractivity contribution in [3.05, 3.63) is 4.60 Å². The highest BCUT2D eigenvalue weighted by molar-refractivity contribution is 9.10. The zero-order chi connectivity index (χ0) is 14.0. The van der Waals surface area contributed by atoms with Crippen LogP contribution >= 0.6 is 15.9 Å². The molecule has 1 aliphatic rings. The standard InChI is InChI=1S/C11H19BrN4O2S/c1-3-8-5-4-6-9(7-8)14-19(17,18)11-10(12)13-15-16(11)2/h8-9,14H,3-7H2,1-2H3. The van der Waals surface area contributed by atoms with E-state index in [1.807, 2.05) is 0 Å². The zero-order valence-electron chi connectivity index (χ0n) is 11.1. The Balaban J connectivity index is 2.14. The molecule has 1 aromatic heterocycles. The van der Waals surface area contributed by atoms with Crippen LogP contribution in [0.25, 0.3) is 0 Å². The predicted octanol–water partition coefficient (Wildman–Crippen LogP) is 1.82. The summed E-state index contributed by atoms with van der Waals surface area (Å²) in [7, 11) is -2.00. The largest absolute Gasteiger partial charge is 0.260 e. The third-order valence-electron chi connectivity index (χ3n) is 3.67. The molecule has 2 atom stereocenters. The van der Waals surface area contributed by atoms with Crippen LogP contribution in [0.2, 0.25) is 0 Å². The van der Waals surface area contributed by atoms with Crippen LogP contribution < -0.4 is 4.72 Å². The molecule has 0 spiro atoms. The van der Waals surface area contributed by atoms with Gasteiger partial charge >= 0.3 is 0 Å². The van der Waals surface area contributed by atoms with Crippen molar-refractivity contribution in [2.24, 2.45) is 13.0 Å². The predicted molar refractivity (Wildman–Crippen MR) is 75.1 cm³/mol. The molecule has 1 aliphatic carbocycles. The Morgan fingerprint density at radius 3 is 2.79 bits per heavy atom. The van der Waals surface area contributed by atoms with Crippen molar-refractivity contribution in [1.82, 2.24) is 19.7 Å². The highest BCUT2D eigenvalue weighted by Gasteiger charge is 2.29. The quantitative estimate of drug-likeness (QED) is 0.898. The lowest BCUT2D eigenvalue weighted by Crippen LogP contribution is -2.39. The van der Waals surface area contributed by atoms with Gasteiger partial charge in [0.15, 0.2) is 4.60 Å². The molecule has 108 valence electrons. The van der Waals surface area contributed by atoms with Crippen LogP contribution in [0.3, 0.4) is 0 Å². The summed E-state index contributed by atoms with van der Waals surface area (Å²) in [6, 6.07) is 0.0190. The maximum absolute atomic E-state index is 12.4. The Morgan fingerprint density at radius 1 is 1.47 bits per heavy atom. The van der Waals surface area contributed by atoms with E-state index in [-0.39, 0.29) is 15.7 Å². The molecule has 1 saturated carbocycles. The summed E-state index contributed by atoms with van der Waals surface area (Å²) < 4.78 is 29.0. The minimum absolute atomic E-state index is 0.0190. The van der Waals surface area contributed by atoms with E-state index >= 15 is 0 Å². The second-order valence-electron chi connectivity index (χ2n) is 5.07. The molecule has 1 aromatic rings. The Morgan fingerprint density at radius 2 is 2.21 bits per heavy atom. The second kappa shape index (κ2) is 5.88. The number of rotatable bonds is 4. The average Bonchev–Trinajstić information content (AvgIpc) is 2.69. The summed E-state index contributed by atoms with van der Waals surface area (Å²) in [5, 5.41) is 7.51. The van der Waals surface area contributed by atoms with Crippen LogP contribution in [0.15, 0.2) is 9.63 Å². The lowest BCUT2D eigenvalue weighted by atomic mass is 9.85. The van der Waals surface area contributed by atoms with Gasteiger partial charge in [-0.3, -0.25) is 0 Å². The van der Waals surface area contributed by atoms with Crippen molar-refractivity contribution in [2.45, 2.75) is 50.1 Å². The van der Waals surface area contributed by atoms with Gasteiger partial charge in [-0.05, 0) is 34.7 Å². The summed E-state index contributed by atoms with van der Waals surface area (Å²) in [6.45, 7) is 2.16. The van der Waals surface area contributed by atoms with E-state index in [0.29, 0.717) is 5.92 Å². The number of sulfonamides is 1. The van der Waals surface area contributed by atoms with Gasteiger partial charge in [-0.2, -0.15) is 0 Å². The van der Waals surface area contributed by atoms with Crippen molar-refractivity contribution in [3.63, 3.8) is 0 Å². The van der Waals surface area contributed by atoms with Gasteiger partial charge in [-0.1, -0.05) is 31.4 Å². The van der Waals surface area contributed by atoms with Gasteiger partial charge in [0, 0.05) is 13.1 Å². The van der Waals surface area contributed by atoms with Gasteiger partial charge in [0.05, 0.1) is 0 Å². The molecule has 1 fully saturated rings. The SMILES string of the molecule is CCC1CCCC(NS(=O)(=O)c2c(Br)nnn2C)C1. The molecule has 6 nitrogen and oxygen atoms in total. The van der Waals surface area contributed by atoms with Gasteiger partial charge in [-0.15, -0.1) is 5.10 Å². The van der Waals surface area contributed by atoms with Gasteiger partial charge in [0.25, 0.3) is 10.0 Å². The molecule has 1 heterocycles. The fourth-order valence-corrected chi connectivity index (χ4v) is 5.03. The average molecular weight is 351 g/mol. The molecule has 0 aliphatic heterocycles. The van der Waals surface area contributed by atoms with Gasteiger partial charge in [-0.25, -0.2) is 17.8 Å². The van der Waals surface area contributed by atoms with Crippen molar-refractivity contribution in [3.8, 4) is 0 Å². The smallest absolute Gasteiger partial charge is 0.235 e. The van der Waals surface area contributed by atoms with Gasteiger partial charge < -0.3 is 0 Å². The number of halogens is 1. The minimum atomic E-state index is -3.57. The first-order valence-corrected chi connectivity index (χ1v) is 8.79. The van der Waals surface area contributed by atoms with Gasteiger partial charge in [0.2, 0.25) is 5.03 Å². The first-order valence-electron chi connectivity index (χ1n) is 6.51. The Bertz CT molecular complexity index is 523. The monoisotopic (exact) mass is 350 g/mol. The molecule has 0 radical (unpaired) electrons. The lowest BCUT2D eigenvalue weighted by Gasteiger charge is -2.28. The second-order valence-corrected chi connectivity index (χ2v) is 7.45. The Hall–Kier alpha value is -0.470. The molecular weight excluding hydrogens is 332 g/mol. The van der Waals surface area contributed by atoms with Crippen molar-refractivity contribution < 1.29 is 8.42 Å². The first-order chi connectivity index (χ1) is 8.94. The van der Waals surface area contributed by atoms with E-state index in [1.165, 1.54) is 11.1 Å². The van der Waals surface area contributed by atoms with Crippen LogP contribution in [0, 0.1) is 5.92 Å². The number of hydrogen-bond acceptors (Lipinski definition) is 4. The molecule has 1 N–H and O–H groups in total.